The number of halogens is 1. The lowest BCUT2D eigenvalue weighted by Gasteiger charge is -2.14. The fourth-order valence-corrected chi connectivity index (χ4v) is 1.86. The Morgan fingerprint density at radius 2 is 2.32 bits per heavy atom. The van der Waals surface area contributed by atoms with Crippen molar-refractivity contribution in [1.82, 2.24) is 14.9 Å². The van der Waals surface area contributed by atoms with Gasteiger partial charge in [0.1, 0.15) is 5.82 Å². The molecule has 1 unspecified atom stereocenters. The van der Waals surface area contributed by atoms with E-state index in [0.29, 0.717) is 6.54 Å². The minimum absolute atomic E-state index is 0.0723. The van der Waals surface area contributed by atoms with Gasteiger partial charge in [-0.25, -0.2) is 9.37 Å². The Bertz CT molecular complexity index is 566. The lowest BCUT2D eigenvalue weighted by Crippen LogP contribution is -2.35. The zero-order valence-electron chi connectivity index (χ0n) is 10.9. The average Bonchev–Trinajstić information content (AvgIpc) is 2.81. The van der Waals surface area contributed by atoms with Crippen molar-refractivity contribution in [2.24, 2.45) is 0 Å². The minimum atomic E-state index is -0.493. The highest BCUT2D eigenvalue weighted by Crippen LogP contribution is 2.10. The molecule has 5 heteroatoms. The largest absolute Gasteiger partial charge is 0.348 e. The number of hydrogen-bond donors (Lipinski definition) is 1. The molecular formula is C14H16FN3O. The van der Waals surface area contributed by atoms with E-state index in [4.69, 9.17) is 0 Å². The smallest absolute Gasteiger partial charge is 0.254 e. The molecule has 1 N–H and O–H groups in total. The van der Waals surface area contributed by atoms with E-state index in [1.807, 2.05) is 17.7 Å². The summed E-state index contributed by atoms with van der Waals surface area (Å²) < 4.78 is 15.5. The summed E-state index contributed by atoms with van der Waals surface area (Å²) in [5, 5.41) is 2.77. The van der Waals surface area contributed by atoms with E-state index < -0.39 is 11.7 Å². The Balaban J connectivity index is 2.00. The monoisotopic (exact) mass is 261 g/mol. The zero-order chi connectivity index (χ0) is 13.8. The van der Waals surface area contributed by atoms with Gasteiger partial charge in [-0.1, -0.05) is 6.07 Å². The fraction of sp³-hybridized carbons (Fsp3) is 0.286. The molecule has 2 aromatic rings. The van der Waals surface area contributed by atoms with Gasteiger partial charge in [-0.15, -0.1) is 0 Å². The summed E-state index contributed by atoms with van der Waals surface area (Å²) in [6.07, 6.45) is 5.17. The van der Waals surface area contributed by atoms with Crippen LogP contribution in [0.1, 0.15) is 22.8 Å². The van der Waals surface area contributed by atoms with Crippen LogP contribution < -0.4 is 5.32 Å². The van der Waals surface area contributed by atoms with Crippen molar-refractivity contribution in [1.29, 1.82) is 0 Å². The number of carbonyl (C=O) groups is 1. The molecule has 0 aliphatic heterocycles. The highest BCUT2D eigenvalue weighted by molar-refractivity contribution is 5.94. The van der Waals surface area contributed by atoms with Crippen molar-refractivity contribution in [2.75, 3.05) is 0 Å². The molecule has 100 valence electrons. The number of aromatic nitrogens is 2. The molecule has 19 heavy (non-hydrogen) atoms. The van der Waals surface area contributed by atoms with Gasteiger partial charge in [-0.2, -0.15) is 0 Å². The van der Waals surface area contributed by atoms with Crippen molar-refractivity contribution >= 4 is 5.91 Å². The van der Waals surface area contributed by atoms with Gasteiger partial charge < -0.3 is 9.88 Å². The number of amides is 1. The van der Waals surface area contributed by atoms with Crippen LogP contribution in [0.15, 0.2) is 36.9 Å². The van der Waals surface area contributed by atoms with Gasteiger partial charge in [-0.3, -0.25) is 4.79 Å². The molecule has 1 heterocycles. The summed E-state index contributed by atoms with van der Waals surface area (Å²) in [6, 6.07) is 4.47. The highest BCUT2D eigenvalue weighted by atomic mass is 19.1. The summed E-state index contributed by atoms with van der Waals surface area (Å²) in [5.74, 6) is -0.891. The average molecular weight is 261 g/mol. The van der Waals surface area contributed by atoms with Crippen LogP contribution in [-0.4, -0.2) is 21.5 Å². The molecule has 1 aromatic carbocycles. The molecule has 0 spiro atoms. The van der Waals surface area contributed by atoms with Gasteiger partial charge in [0.05, 0.1) is 11.9 Å². The molecule has 1 amide bonds. The lowest BCUT2D eigenvalue weighted by atomic mass is 10.1. The maximum absolute atomic E-state index is 13.7. The first-order chi connectivity index (χ1) is 9.06. The van der Waals surface area contributed by atoms with Gasteiger partial charge in [0.25, 0.3) is 5.91 Å². The Labute approximate surface area is 111 Å². The third kappa shape index (κ3) is 3.40. The first-order valence-corrected chi connectivity index (χ1v) is 6.09. The molecule has 0 radical (unpaired) electrons. The highest BCUT2D eigenvalue weighted by Gasteiger charge is 2.14. The van der Waals surface area contributed by atoms with Gasteiger partial charge in [-0.05, 0) is 31.5 Å². The molecular weight excluding hydrogens is 245 g/mol. The van der Waals surface area contributed by atoms with Crippen LogP contribution in [0, 0.1) is 12.7 Å². The quantitative estimate of drug-likeness (QED) is 0.916. The van der Waals surface area contributed by atoms with Crippen LogP contribution in [0.2, 0.25) is 0 Å². The Morgan fingerprint density at radius 3 is 2.95 bits per heavy atom. The number of carbonyl (C=O) groups excluding carboxylic acids is 1. The van der Waals surface area contributed by atoms with Crippen molar-refractivity contribution in [3.05, 3.63) is 53.9 Å². The van der Waals surface area contributed by atoms with E-state index >= 15 is 0 Å². The number of nitrogens with zero attached hydrogens (tertiary/aromatic N) is 2. The molecule has 0 saturated heterocycles. The second kappa shape index (κ2) is 5.65. The van der Waals surface area contributed by atoms with Crippen molar-refractivity contribution in [3.63, 3.8) is 0 Å². The Kier molecular flexibility index (Phi) is 3.94. The Hall–Kier alpha value is -2.17. The van der Waals surface area contributed by atoms with Crippen LogP contribution in [0.4, 0.5) is 4.39 Å². The van der Waals surface area contributed by atoms with Crippen LogP contribution in [0.25, 0.3) is 0 Å². The number of aryl methyl sites for hydroxylation is 1. The minimum Gasteiger partial charge on any atom is -0.348 e. The second-order valence-electron chi connectivity index (χ2n) is 4.62. The SMILES string of the molecule is Cc1ccc(C(=O)NC(C)Cn2ccnc2)c(F)c1. The van der Waals surface area contributed by atoms with Gasteiger partial charge in [0.2, 0.25) is 0 Å². The van der Waals surface area contributed by atoms with E-state index in [-0.39, 0.29) is 11.6 Å². The number of imidazole rings is 1. The van der Waals surface area contributed by atoms with E-state index in [2.05, 4.69) is 10.3 Å². The second-order valence-corrected chi connectivity index (χ2v) is 4.62. The topological polar surface area (TPSA) is 46.9 Å². The third-order valence-corrected chi connectivity index (χ3v) is 2.79. The summed E-state index contributed by atoms with van der Waals surface area (Å²) in [7, 11) is 0. The molecule has 0 fully saturated rings. The van der Waals surface area contributed by atoms with Crippen molar-refractivity contribution in [3.8, 4) is 0 Å². The number of hydrogen-bond acceptors (Lipinski definition) is 2. The number of rotatable bonds is 4. The van der Waals surface area contributed by atoms with Gasteiger partial charge in [0, 0.05) is 25.0 Å². The van der Waals surface area contributed by atoms with Gasteiger partial charge >= 0.3 is 0 Å². The molecule has 0 aliphatic rings. The number of benzene rings is 1. The fourth-order valence-electron chi connectivity index (χ4n) is 1.86. The Morgan fingerprint density at radius 1 is 1.53 bits per heavy atom. The molecule has 0 bridgehead atoms. The molecule has 2 rings (SSSR count). The third-order valence-electron chi connectivity index (χ3n) is 2.79. The van der Waals surface area contributed by atoms with Crippen LogP contribution in [0.5, 0.6) is 0 Å². The molecule has 0 saturated carbocycles. The number of nitrogens with one attached hydrogen (secondary N) is 1. The first kappa shape index (κ1) is 13.3. The van der Waals surface area contributed by atoms with Crippen LogP contribution in [-0.2, 0) is 6.54 Å². The standard InChI is InChI=1S/C14H16FN3O/c1-10-3-4-12(13(15)7-10)14(19)17-11(2)8-18-6-5-16-9-18/h3-7,9,11H,8H2,1-2H3,(H,17,19). The van der Waals surface area contributed by atoms with Crippen LogP contribution >= 0.6 is 0 Å². The van der Waals surface area contributed by atoms with Gasteiger partial charge in [0.15, 0.2) is 0 Å². The zero-order valence-corrected chi connectivity index (χ0v) is 10.9. The van der Waals surface area contributed by atoms with Crippen LogP contribution in [0.3, 0.4) is 0 Å². The molecule has 1 aromatic heterocycles. The molecule has 4 nitrogen and oxygen atoms in total. The van der Waals surface area contributed by atoms with Crippen molar-refractivity contribution in [2.45, 2.75) is 26.4 Å². The predicted octanol–water partition coefficient (Wildman–Crippen LogP) is 2.15. The van der Waals surface area contributed by atoms with E-state index in [1.165, 1.54) is 12.1 Å². The maximum Gasteiger partial charge on any atom is 0.254 e. The predicted molar refractivity (Wildman–Crippen MR) is 70.3 cm³/mol. The molecule has 0 aliphatic carbocycles. The summed E-state index contributed by atoms with van der Waals surface area (Å²) in [6.45, 7) is 4.25. The van der Waals surface area contributed by atoms with E-state index in [1.54, 1.807) is 25.5 Å². The first-order valence-electron chi connectivity index (χ1n) is 6.09. The summed E-state index contributed by atoms with van der Waals surface area (Å²) in [5.41, 5.74) is 0.864. The van der Waals surface area contributed by atoms with E-state index in [0.717, 1.165) is 5.56 Å². The summed E-state index contributed by atoms with van der Waals surface area (Å²) in [4.78, 5) is 15.9. The maximum atomic E-state index is 13.7. The van der Waals surface area contributed by atoms with Crippen molar-refractivity contribution < 1.29 is 9.18 Å². The summed E-state index contributed by atoms with van der Waals surface area (Å²) >= 11 is 0. The van der Waals surface area contributed by atoms with E-state index in [9.17, 15) is 9.18 Å². The normalized spacial score (nSPS) is 12.2. The lowest BCUT2D eigenvalue weighted by molar-refractivity contribution is 0.0932. The molecule has 1 atom stereocenters.